The van der Waals surface area contributed by atoms with Gasteiger partial charge in [-0.2, -0.15) is 17.0 Å². The van der Waals surface area contributed by atoms with Crippen molar-refractivity contribution >= 4 is 33.4 Å². The maximum Gasteiger partial charge on any atom is 0.240 e. The van der Waals surface area contributed by atoms with Crippen LogP contribution in [0.3, 0.4) is 0 Å². The van der Waals surface area contributed by atoms with Gasteiger partial charge < -0.3 is 5.11 Å². The van der Waals surface area contributed by atoms with Gasteiger partial charge in [-0.05, 0) is 30.4 Å². The fourth-order valence-electron chi connectivity index (χ4n) is 1.35. The van der Waals surface area contributed by atoms with Crippen molar-refractivity contribution in [2.45, 2.75) is 11.3 Å². The van der Waals surface area contributed by atoms with Crippen LogP contribution in [0.25, 0.3) is 0 Å². The zero-order chi connectivity index (χ0) is 15.0. The molecule has 1 aromatic carbocycles. The van der Waals surface area contributed by atoms with E-state index in [4.69, 9.17) is 22.0 Å². The van der Waals surface area contributed by atoms with Crippen LogP contribution in [0.1, 0.15) is 12.0 Å². The fraction of sp³-hybridized carbons (Fsp3) is 0.417. The van der Waals surface area contributed by atoms with Crippen LogP contribution in [-0.4, -0.2) is 38.2 Å². The molecule has 0 aliphatic heterocycles. The molecule has 8 heteroatoms. The number of aliphatic hydroxyl groups is 1. The van der Waals surface area contributed by atoms with E-state index in [-0.39, 0.29) is 22.1 Å². The van der Waals surface area contributed by atoms with Crippen molar-refractivity contribution in [3.8, 4) is 6.07 Å². The lowest BCUT2D eigenvalue weighted by molar-refractivity contribution is 0.296. The Balaban J connectivity index is 2.57. The first-order chi connectivity index (χ1) is 9.51. The Labute approximate surface area is 128 Å². The lowest BCUT2D eigenvalue weighted by atomic mass is 10.2. The van der Waals surface area contributed by atoms with Crippen LogP contribution in [-0.2, 0) is 10.0 Å². The van der Waals surface area contributed by atoms with Gasteiger partial charge in [-0.25, -0.2) is 13.1 Å². The first-order valence-corrected chi connectivity index (χ1v) is 8.91. The minimum absolute atomic E-state index is 0.0434. The van der Waals surface area contributed by atoms with E-state index in [1.165, 1.54) is 18.2 Å². The third kappa shape index (κ3) is 5.31. The van der Waals surface area contributed by atoms with Gasteiger partial charge in [0.25, 0.3) is 0 Å². The van der Waals surface area contributed by atoms with Gasteiger partial charge in [-0.15, -0.1) is 0 Å². The Hall–Kier alpha value is -0.780. The van der Waals surface area contributed by atoms with Crippen molar-refractivity contribution in [2.24, 2.45) is 0 Å². The Morgan fingerprint density at radius 1 is 1.40 bits per heavy atom. The topological polar surface area (TPSA) is 90.2 Å². The van der Waals surface area contributed by atoms with Crippen LogP contribution in [0.2, 0.25) is 5.02 Å². The number of halogens is 1. The van der Waals surface area contributed by atoms with Crippen LogP contribution in [0.5, 0.6) is 0 Å². The van der Waals surface area contributed by atoms with E-state index in [0.29, 0.717) is 18.7 Å². The summed E-state index contributed by atoms with van der Waals surface area (Å²) in [5.41, 5.74) is 0.241. The average molecular weight is 335 g/mol. The number of thioether (sulfide) groups is 1. The molecule has 0 aromatic heterocycles. The molecule has 0 amide bonds. The highest BCUT2D eigenvalue weighted by Gasteiger charge is 2.14. The molecule has 1 rings (SSSR count). The van der Waals surface area contributed by atoms with Crippen molar-refractivity contribution in [3.63, 3.8) is 0 Å². The normalized spacial score (nSPS) is 11.2. The molecule has 0 saturated carbocycles. The number of aliphatic hydroxyl groups excluding tert-OH is 1. The summed E-state index contributed by atoms with van der Waals surface area (Å²) in [6.07, 6.45) is 0.697. The van der Waals surface area contributed by atoms with Crippen molar-refractivity contribution in [1.82, 2.24) is 4.72 Å². The highest BCUT2D eigenvalue weighted by atomic mass is 35.5. The number of sulfonamides is 1. The maximum atomic E-state index is 12.0. The Morgan fingerprint density at radius 2 is 2.15 bits per heavy atom. The van der Waals surface area contributed by atoms with Crippen molar-refractivity contribution in [2.75, 3.05) is 24.7 Å². The highest BCUT2D eigenvalue weighted by Crippen LogP contribution is 2.20. The first kappa shape index (κ1) is 17.3. The molecule has 0 aliphatic rings. The Morgan fingerprint density at radius 3 is 2.75 bits per heavy atom. The predicted molar refractivity (Wildman–Crippen MR) is 80.4 cm³/mol. The summed E-state index contributed by atoms with van der Waals surface area (Å²) in [6, 6.07) is 5.87. The third-order valence-corrected chi connectivity index (χ3v) is 5.20. The lowest BCUT2D eigenvalue weighted by Gasteiger charge is -2.07. The molecule has 0 unspecified atom stereocenters. The molecule has 0 bridgehead atoms. The molecular formula is C12H15ClN2O3S2. The summed E-state index contributed by atoms with van der Waals surface area (Å²) in [7, 11) is -3.61. The molecule has 2 N–H and O–H groups in total. The Bertz CT molecular complexity index is 585. The number of benzene rings is 1. The number of nitriles is 1. The summed E-state index contributed by atoms with van der Waals surface area (Å²) < 4.78 is 26.4. The number of nitrogens with one attached hydrogen (secondary N) is 1. The van der Waals surface area contributed by atoms with Gasteiger partial charge in [-0.1, -0.05) is 11.6 Å². The standard InChI is InChI=1S/C12H15ClN2O3S2/c13-12-8-11(3-2-10(12)9-14)20(17,18)15-4-7-19-6-1-5-16/h2-3,8,15-16H,1,4-7H2. The van der Waals surface area contributed by atoms with Crippen molar-refractivity contribution in [1.29, 1.82) is 5.26 Å². The minimum Gasteiger partial charge on any atom is -0.396 e. The predicted octanol–water partition coefficient (Wildman–Crippen LogP) is 1.61. The summed E-state index contributed by atoms with van der Waals surface area (Å²) >= 11 is 7.38. The largest absolute Gasteiger partial charge is 0.396 e. The number of rotatable bonds is 8. The Kier molecular flexibility index (Phi) is 7.34. The average Bonchev–Trinajstić information content (AvgIpc) is 2.42. The second-order valence-electron chi connectivity index (χ2n) is 3.84. The van der Waals surface area contributed by atoms with Crippen LogP contribution in [0.4, 0.5) is 0 Å². The van der Waals surface area contributed by atoms with Gasteiger partial charge in [0.15, 0.2) is 0 Å². The molecule has 0 aliphatic carbocycles. The van der Waals surface area contributed by atoms with Crippen LogP contribution < -0.4 is 4.72 Å². The third-order valence-electron chi connectivity index (χ3n) is 2.36. The van der Waals surface area contributed by atoms with Gasteiger partial charge in [0, 0.05) is 18.9 Å². The number of nitrogens with zero attached hydrogens (tertiary/aromatic N) is 1. The maximum absolute atomic E-state index is 12.0. The first-order valence-electron chi connectivity index (χ1n) is 5.89. The van der Waals surface area contributed by atoms with E-state index < -0.39 is 10.0 Å². The molecule has 0 saturated heterocycles. The molecule has 1 aromatic rings. The van der Waals surface area contributed by atoms with Gasteiger partial charge in [0.1, 0.15) is 6.07 Å². The van der Waals surface area contributed by atoms with E-state index >= 15 is 0 Å². The molecule has 0 atom stereocenters. The quantitative estimate of drug-likeness (QED) is 0.705. The van der Waals surface area contributed by atoms with Crippen LogP contribution >= 0.6 is 23.4 Å². The molecule has 0 fully saturated rings. The van der Waals surface area contributed by atoms with Crippen LogP contribution in [0, 0.1) is 11.3 Å². The zero-order valence-electron chi connectivity index (χ0n) is 10.7. The van der Waals surface area contributed by atoms with E-state index in [2.05, 4.69) is 4.72 Å². The van der Waals surface area contributed by atoms with Gasteiger partial charge >= 0.3 is 0 Å². The van der Waals surface area contributed by atoms with Gasteiger partial charge in [0.2, 0.25) is 10.0 Å². The van der Waals surface area contributed by atoms with E-state index in [1.54, 1.807) is 11.8 Å². The molecular weight excluding hydrogens is 320 g/mol. The molecule has 0 heterocycles. The summed E-state index contributed by atoms with van der Waals surface area (Å²) in [5, 5.41) is 17.5. The van der Waals surface area contributed by atoms with E-state index in [0.717, 1.165) is 5.75 Å². The minimum atomic E-state index is -3.61. The molecule has 20 heavy (non-hydrogen) atoms. The molecule has 0 spiro atoms. The van der Waals surface area contributed by atoms with Gasteiger partial charge in [0.05, 0.1) is 15.5 Å². The summed E-state index contributed by atoms with van der Waals surface area (Å²) in [6.45, 7) is 0.443. The van der Waals surface area contributed by atoms with Crippen LogP contribution in [0.15, 0.2) is 23.1 Å². The molecule has 110 valence electrons. The highest BCUT2D eigenvalue weighted by molar-refractivity contribution is 7.99. The number of hydrogen-bond acceptors (Lipinski definition) is 5. The number of hydrogen-bond donors (Lipinski definition) is 2. The second kappa shape index (κ2) is 8.49. The second-order valence-corrected chi connectivity index (χ2v) is 7.24. The smallest absolute Gasteiger partial charge is 0.240 e. The SMILES string of the molecule is N#Cc1ccc(S(=O)(=O)NCCSCCCO)cc1Cl. The zero-order valence-corrected chi connectivity index (χ0v) is 13.1. The van der Waals surface area contributed by atoms with Gasteiger partial charge in [-0.3, -0.25) is 0 Å². The van der Waals surface area contributed by atoms with E-state index in [9.17, 15) is 8.42 Å². The van der Waals surface area contributed by atoms with Crippen molar-refractivity contribution < 1.29 is 13.5 Å². The fourth-order valence-corrected chi connectivity index (χ4v) is 3.61. The van der Waals surface area contributed by atoms with E-state index in [1.807, 2.05) is 6.07 Å². The summed E-state index contributed by atoms with van der Waals surface area (Å²) in [4.78, 5) is 0.0434. The summed E-state index contributed by atoms with van der Waals surface area (Å²) in [5.74, 6) is 1.42. The monoisotopic (exact) mass is 334 g/mol. The van der Waals surface area contributed by atoms with Crippen molar-refractivity contribution in [3.05, 3.63) is 28.8 Å². The lowest BCUT2D eigenvalue weighted by Crippen LogP contribution is -2.26. The molecule has 5 nitrogen and oxygen atoms in total. The molecule has 0 radical (unpaired) electrons.